The Morgan fingerprint density at radius 3 is 2.81 bits per heavy atom. The summed E-state index contributed by atoms with van der Waals surface area (Å²) in [6.07, 6.45) is 3.32. The van der Waals surface area contributed by atoms with Crippen LogP contribution in [0.4, 0.5) is 0 Å². The number of nitrogens with zero attached hydrogens (tertiary/aromatic N) is 3. The molecular formula is C14H18N4O3. The number of carbonyl (C=O) groups excluding carboxylic acids is 1. The highest BCUT2D eigenvalue weighted by Crippen LogP contribution is 2.12. The first-order valence-corrected chi connectivity index (χ1v) is 6.88. The van der Waals surface area contributed by atoms with Crippen LogP contribution in [0.15, 0.2) is 24.4 Å². The predicted octanol–water partition coefficient (Wildman–Crippen LogP) is 1.55. The van der Waals surface area contributed by atoms with Gasteiger partial charge in [0.2, 0.25) is 5.91 Å². The van der Waals surface area contributed by atoms with Crippen LogP contribution in [0.25, 0.3) is 5.65 Å². The Balaban J connectivity index is 1.87. The number of carboxylic acid groups (broad SMARTS) is 1. The number of unbranched alkanes of at least 4 members (excludes halogenated alkanes) is 1. The standard InChI is InChI=1S/C14H18N4O3/c1-10(15-12(19)7-2-3-8-13(20)21)14-17-16-11-6-4-5-9-18(11)14/h4-6,9-10H,2-3,7-8H2,1H3,(H,15,19)(H,20,21). The molecule has 2 heterocycles. The Morgan fingerprint density at radius 2 is 2.05 bits per heavy atom. The first-order chi connectivity index (χ1) is 10.1. The lowest BCUT2D eigenvalue weighted by Crippen LogP contribution is -2.27. The highest BCUT2D eigenvalue weighted by molar-refractivity contribution is 5.76. The zero-order chi connectivity index (χ0) is 15.2. The van der Waals surface area contributed by atoms with E-state index in [1.165, 1.54) is 0 Å². The second-order valence-electron chi connectivity index (χ2n) is 4.88. The minimum Gasteiger partial charge on any atom is -0.481 e. The number of hydrogen-bond donors (Lipinski definition) is 2. The molecule has 1 amide bonds. The van der Waals surface area contributed by atoms with Crippen LogP contribution in [0, 0.1) is 0 Å². The average molecular weight is 290 g/mol. The van der Waals surface area contributed by atoms with Gasteiger partial charge in [-0.3, -0.25) is 14.0 Å². The fourth-order valence-corrected chi connectivity index (χ4v) is 2.10. The van der Waals surface area contributed by atoms with Crippen LogP contribution in [-0.2, 0) is 9.59 Å². The van der Waals surface area contributed by atoms with Crippen LogP contribution in [0.1, 0.15) is 44.5 Å². The number of rotatable bonds is 7. The molecule has 1 unspecified atom stereocenters. The van der Waals surface area contributed by atoms with E-state index in [9.17, 15) is 9.59 Å². The summed E-state index contributed by atoms with van der Waals surface area (Å²) in [5, 5.41) is 19.5. The minimum atomic E-state index is -0.835. The maximum absolute atomic E-state index is 11.8. The highest BCUT2D eigenvalue weighted by atomic mass is 16.4. The maximum atomic E-state index is 11.8. The smallest absolute Gasteiger partial charge is 0.303 e. The second kappa shape index (κ2) is 6.83. The van der Waals surface area contributed by atoms with E-state index >= 15 is 0 Å². The lowest BCUT2D eigenvalue weighted by Gasteiger charge is -2.12. The van der Waals surface area contributed by atoms with E-state index in [1.807, 2.05) is 35.7 Å². The summed E-state index contributed by atoms with van der Waals surface area (Å²) < 4.78 is 1.83. The van der Waals surface area contributed by atoms with E-state index in [1.54, 1.807) is 0 Å². The lowest BCUT2D eigenvalue weighted by atomic mass is 10.2. The summed E-state index contributed by atoms with van der Waals surface area (Å²) in [6.45, 7) is 1.85. The fourth-order valence-electron chi connectivity index (χ4n) is 2.10. The molecule has 0 bridgehead atoms. The van der Waals surface area contributed by atoms with Gasteiger partial charge in [-0.1, -0.05) is 6.07 Å². The molecule has 0 saturated heterocycles. The summed E-state index contributed by atoms with van der Waals surface area (Å²) in [6, 6.07) is 5.34. The normalized spacial score (nSPS) is 12.2. The zero-order valence-electron chi connectivity index (χ0n) is 11.8. The third-order valence-electron chi connectivity index (χ3n) is 3.15. The molecule has 2 aromatic heterocycles. The van der Waals surface area contributed by atoms with Gasteiger partial charge in [0, 0.05) is 19.0 Å². The molecule has 1 atom stereocenters. The number of fused-ring (bicyclic) bond motifs is 1. The van der Waals surface area contributed by atoms with E-state index in [-0.39, 0.29) is 18.4 Å². The van der Waals surface area contributed by atoms with Gasteiger partial charge in [-0.25, -0.2) is 0 Å². The molecule has 0 aliphatic carbocycles. The van der Waals surface area contributed by atoms with Crippen molar-refractivity contribution in [2.45, 2.75) is 38.6 Å². The molecule has 0 radical (unpaired) electrons. The molecule has 112 valence electrons. The highest BCUT2D eigenvalue weighted by Gasteiger charge is 2.15. The average Bonchev–Trinajstić information content (AvgIpc) is 2.87. The molecule has 0 saturated carbocycles. The van der Waals surface area contributed by atoms with Gasteiger partial charge in [-0.15, -0.1) is 10.2 Å². The van der Waals surface area contributed by atoms with E-state index in [0.717, 1.165) is 5.65 Å². The van der Waals surface area contributed by atoms with Crippen molar-refractivity contribution in [2.75, 3.05) is 0 Å². The third-order valence-corrected chi connectivity index (χ3v) is 3.15. The van der Waals surface area contributed by atoms with Crippen molar-refractivity contribution in [3.63, 3.8) is 0 Å². The second-order valence-corrected chi connectivity index (χ2v) is 4.88. The molecular weight excluding hydrogens is 272 g/mol. The first kappa shape index (κ1) is 15.0. The Bertz CT molecular complexity index is 638. The summed E-state index contributed by atoms with van der Waals surface area (Å²) in [7, 11) is 0. The molecule has 7 nitrogen and oxygen atoms in total. The molecule has 0 aliphatic rings. The van der Waals surface area contributed by atoms with Crippen LogP contribution < -0.4 is 5.32 Å². The molecule has 2 aromatic rings. The number of aliphatic carboxylic acids is 1. The van der Waals surface area contributed by atoms with E-state index < -0.39 is 5.97 Å². The van der Waals surface area contributed by atoms with Crippen LogP contribution in [0.3, 0.4) is 0 Å². The monoisotopic (exact) mass is 290 g/mol. The Kier molecular flexibility index (Phi) is 4.86. The van der Waals surface area contributed by atoms with Crippen molar-refractivity contribution in [3.05, 3.63) is 30.2 Å². The summed E-state index contributed by atoms with van der Waals surface area (Å²) in [4.78, 5) is 22.2. The number of pyridine rings is 1. The Hall–Kier alpha value is -2.44. The number of aromatic nitrogens is 3. The maximum Gasteiger partial charge on any atom is 0.303 e. The molecule has 0 aliphatic heterocycles. The molecule has 0 spiro atoms. The van der Waals surface area contributed by atoms with Crippen molar-refractivity contribution < 1.29 is 14.7 Å². The zero-order valence-corrected chi connectivity index (χ0v) is 11.8. The van der Waals surface area contributed by atoms with E-state index in [0.29, 0.717) is 25.1 Å². The molecule has 7 heteroatoms. The van der Waals surface area contributed by atoms with Crippen molar-refractivity contribution in [1.82, 2.24) is 19.9 Å². The van der Waals surface area contributed by atoms with Gasteiger partial charge in [0.1, 0.15) is 0 Å². The number of hydrogen-bond acceptors (Lipinski definition) is 4. The van der Waals surface area contributed by atoms with Crippen molar-refractivity contribution in [3.8, 4) is 0 Å². The van der Waals surface area contributed by atoms with Gasteiger partial charge in [0.25, 0.3) is 0 Å². The number of amides is 1. The molecule has 0 aromatic carbocycles. The van der Waals surface area contributed by atoms with Crippen molar-refractivity contribution in [1.29, 1.82) is 0 Å². The van der Waals surface area contributed by atoms with Crippen molar-refractivity contribution >= 4 is 17.5 Å². The minimum absolute atomic E-state index is 0.0949. The van der Waals surface area contributed by atoms with Crippen LogP contribution in [0.2, 0.25) is 0 Å². The van der Waals surface area contributed by atoms with Gasteiger partial charge in [0.15, 0.2) is 11.5 Å². The van der Waals surface area contributed by atoms with Gasteiger partial charge < -0.3 is 10.4 Å². The third kappa shape index (κ3) is 4.01. The Labute approximate surface area is 122 Å². The van der Waals surface area contributed by atoms with Gasteiger partial charge >= 0.3 is 5.97 Å². The fraction of sp³-hybridized carbons (Fsp3) is 0.429. The Morgan fingerprint density at radius 1 is 1.29 bits per heavy atom. The quantitative estimate of drug-likeness (QED) is 0.754. The molecule has 2 N–H and O–H groups in total. The summed E-state index contributed by atoms with van der Waals surface area (Å²) in [5.41, 5.74) is 0.732. The first-order valence-electron chi connectivity index (χ1n) is 6.88. The molecule has 2 rings (SSSR count). The molecule has 21 heavy (non-hydrogen) atoms. The topological polar surface area (TPSA) is 96.6 Å². The lowest BCUT2D eigenvalue weighted by molar-refractivity contribution is -0.137. The van der Waals surface area contributed by atoms with Gasteiger partial charge in [-0.2, -0.15) is 0 Å². The van der Waals surface area contributed by atoms with Crippen LogP contribution in [-0.4, -0.2) is 31.6 Å². The molecule has 0 fully saturated rings. The largest absolute Gasteiger partial charge is 0.481 e. The number of carboxylic acids is 1. The van der Waals surface area contributed by atoms with E-state index in [4.69, 9.17) is 5.11 Å². The van der Waals surface area contributed by atoms with E-state index in [2.05, 4.69) is 15.5 Å². The van der Waals surface area contributed by atoms with Gasteiger partial charge in [0.05, 0.1) is 6.04 Å². The SMILES string of the molecule is CC(NC(=O)CCCCC(=O)O)c1nnc2ccccn12. The summed E-state index contributed by atoms with van der Waals surface area (Å²) >= 11 is 0. The number of nitrogens with one attached hydrogen (secondary N) is 1. The summed E-state index contributed by atoms with van der Waals surface area (Å²) in [5.74, 6) is -0.274. The van der Waals surface area contributed by atoms with Crippen molar-refractivity contribution in [2.24, 2.45) is 0 Å². The van der Waals surface area contributed by atoms with Crippen LogP contribution >= 0.6 is 0 Å². The predicted molar refractivity (Wildman–Crippen MR) is 75.6 cm³/mol. The van der Waals surface area contributed by atoms with Crippen LogP contribution in [0.5, 0.6) is 0 Å². The van der Waals surface area contributed by atoms with Gasteiger partial charge in [-0.05, 0) is 31.9 Å². The number of carbonyl (C=O) groups is 2.